The molecule has 1 fully saturated rings. The van der Waals surface area contributed by atoms with E-state index in [-0.39, 0.29) is 6.10 Å². The van der Waals surface area contributed by atoms with Crippen molar-refractivity contribution in [2.45, 2.75) is 25.9 Å². The van der Waals surface area contributed by atoms with E-state index in [4.69, 9.17) is 0 Å². The van der Waals surface area contributed by atoms with Gasteiger partial charge in [0.05, 0.1) is 6.10 Å². The van der Waals surface area contributed by atoms with Gasteiger partial charge in [-0.05, 0) is 38.4 Å². The molecule has 0 bridgehead atoms. The molecule has 15 heavy (non-hydrogen) atoms. The number of aryl methyl sites for hydroxylation is 1. The molecule has 0 amide bonds. The van der Waals surface area contributed by atoms with Crippen LogP contribution in [0.5, 0.6) is 0 Å². The first-order valence-electron chi connectivity index (χ1n) is 5.73. The van der Waals surface area contributed by atoms with Crippen molar-refractivity contribution in [1.29, 1.82) is 0 Å². The highest BCUT2D eigenvalue weighted by atomic mass is 16.3. The third-order valence-electron chi connectivity index (χ3n) is 3.06. The van der Waals surface area contributed by atoms with Crippen LogP contribution >= 0.6 is 0 Å². The predicted molar refractivity (Wildman–Crippen MR) is 61.8 cm³/mol. The molecule has 0 saturated carbocycles. The molecule has 1 aliphatic heterocycles. The molecular formula is C13H19NO. The highest BCUT2D eigenvalue weighted by Crippen LogP contribution is 2.18. The molecule has 2 nitrogen and oxygen atoms in total. The molecule has 1 heterocycles. The van der Waals surface area contributed by atoms with E-state index in [1.165, 1.54) is 18.4 Å². The molecule has 2 heteroatoms. The standard InChI is InChI=1S/C13H19NO/c1-11-5-4-6-12(9-11)13(15)10-14-7-2-3-8-14/h4-6,9,13,15H,2-3,7-8,10H2,1H3. The number of β-amino-alcohol motifs (C(OH)–C–C–N with tert-alkyl or cyclic N) is 1. The quantitative estimate of drug-likeness (QED) is 0.817. The number of nitrogens with zero attached hydrogens (tertiary/aromatic N) is 1. The van der Waals surface area contributed by atoms with Crippen molar-refractivity contribution in [3.8, 4) is 0 Å². The van der Waals surface area contributed by atoms with E-state index in [0.29, 0.717) is 0 Å². The molecule has 1 aromatic rings. The second-order valence-corrected chi connectivity index (χ2v) is 4.44. The molecule has 82 valence electrons. The highest BCUT2D eigenvalue weighted by molar-refractivity contribution is 5.24. The fourth-order valence-electron chi connectivity index (χ4n) is 2.19. The first kappa shape index (κ1) is 10.7. The van der Waals surface area contributed by atoms with Gasteiger partial charge in [-0.1, -0.05) is 29.8 Å². The molecule has 0 spiro atoms. The van der Waals surface area contributed by atoms with Gasteiger partial charge in [-0.15, -0.1) is 0 Å². The Bertz CT molecular complexity index is 318. The average molecular weight is 205 g/mol. The van der Waals surface area contributed by atoms with Crippen LogP contribution in [0.4, 0.5) is 0 Å². The minimum absolute atomic E-state index is 0.331. The molecule has 1 atom stereocenters. The Morgan fingerprint density at radius 2 is 2.07 bits per heavy atom. The Balaban J connectivity index is 1.97. The fraction of sp³-hybridized carbons (Fsp3) is 0.538. The van der Waals surface area contributed by atoms with Crippen molar-refractivity contribution < 1.29 is 5.11 Å². The van der Waals surface area contributed by atoms with Gasteiger partial charge in [-0.2, -0.15) is 0 Å². The molecule has 1 unspecified atom stereocenters. The van der Waals surface area contributed by atoms with Crippen molar-refractivity contribution >= 4 is 0 Å². The van der Waals surface area contributed by atoms with E-state index in [1.54, 1.807) is 0 Å². The van der Waals surface area contributed by atoms with Crippen molar-refractivity contribution in [2.75, 3.05) is 19.6 Å². The summed E-state index contributed by atoms with van der Waals surface area (Å²) in [5.41, 5.74) is 2.26. The Morgan fingerprint density at radius 3 is 2.73 bits per heavy atom. The first-order chi connectivity index (χ1) is 7.25. The Kier molecular flexibility index (Phi) is 3.39. The van der Waals surface area contributed by atoms with Crippen molar-refractivity contribution in [1.82, 2.24) is 4.90 Å². The van der Waals surface area contributed by atoms with Crippen LogP contribution in [0.1, 0.15) is 30.1 Å². The van der Waals surface area contributed by atoms with Crippen LogP contribution in [0.15, 0.2) is 24.3 Å². The zero-order valence-corrected chi connectivity index (χ0v) is 9.32. The van der Waals surface area contributed by atoms with Crippen molar-refractivity contribution in [3.63, 3.8) is 0 Å². The summed E-state index contributed by atoms with van der Waals surface area (Å²) in [5.74, 6) is 0. The largest absolute Gasteiger partial charge is 0.387 e. The lowest BCUT2D eigenvalue weighted by molar-refractivity contribution is 0.126. The molecule has 0 aromatic heterocycles. The molecule has 2 rings (SSSR count). The van der Waals surface area contributed by atoms with Crippen LogP contribution < -0.4 is 0 Å². The molecule has 1 saturated heterocycles. The third kappa shape index (κ3) is 2.80. The minimum Gasteiger partial charge on any atom is -0.387 e. The topological polar surface area (TPSA) is 23.5 Å². The number of likely N-dealkylation sites (tertiary alicyclic amines) is 1. The normalized spacial score (nSPS) is 19.3. The smallest absolute Gasteiger partial charge is 0.0917 e. The van der Waals surface area contributed by atoms with Gasteiger partial charge in [0, 0.05) is 6.54 Å². The summed E-state index contributed by atoms with van der Waals surface area (Å²) in [5, 5.41) is 10.1. The zero-order chi connectivity index (χ0) is 10.7. The van der Waals surface area contributed by atoms with Crippen molar-refractivity contribution in [2.24, 2.45) is 0 Å². The predicted octanol–water partition coefficient (Wildman–Crippen LogP) is 2.12. The fourth-order valence-corrected chi connectivity index (χ4v) is 2.19. The van der Waals surface area contributed by atoms with Gasteiger partial charge < -0.3 is 10.0 Å². The Morgan fingerprint density at radius 1 is 1.33 bits per heavy atom. The van der Waals surface area contributed by atoms with E-state index in [9.17, 15) is 5.11 Å². The lowest BCUT2D eigenvalue weighted by Crippen LogP contribution is -2.25. The molecule has 0 aliphatic carbocycles. The van der Waals surface area contributed by atoms with Gasteiger partial charge >= 0.3 is 0 Å². The molecular weight excluding hydrogens is 186 g/mol. The number of rotatable bonds is 3. The van der Waals surface area contributed by atoms with Gasteiger partial charge in [0.2, 0.25) is 0 Å². The van der Waals surface area contributed by atoms with E-state index >= 15 is 0 Å². The summed E-state index contributed by atoms with van der Waals surface area (Å²) in [6.45, 7) is 5.13. The van der Waals surface area contributed by atoms with Gasteiger partial charge in [-0.25, -0.2) is 0 Å². The zero-order valence-electron chi connectivity index (χ0n) is 9.32. The van der Waals surface area contributed by atoms with E-state index in [1.807, 2.05) is 12.1 Å². The van der Waals surface area contributed by atoms with E-state index in [2.05, 4.69) is 24.0 Å². The summed E-state index contributed by atoms with van der Waals surface area (Å²) in [4.78, 5) is 2.34. The lowest BCUT2D eigenvalue weighted by Gasteiger charge is -2.19. The van der Waals surface area contributed by atoms with Crippen LogP contribution in [0, 0.1) is 6.92 Å². The van der Waals surface area contributed by atoms with Crippen LogP contribution in [-0.2, 0) is 0 Å². The van der Waals surface area contributed by atoms with Crippen LogP contribution in [0.3, 0.4) is 0 Å². The van der Waals surface area contributed by atoms with E-state index < -0.39 is 0 Å². The number of hydrogen-bond donors (Lipinski definition) is 1. The second kappa shape index (κ2) is 4.77. The Hall–Kier alpha value is -0.860. The van der Waals surface area contributed by atoms with Crippen LogP contribution in [-0.4, -0.2) is 29.6 Å². The number of benzene rings is 1. The number of aliphatic hydroxyl groups is 1. The molecule has 1 N–H and O–H groups in total. The maximum absolute atomic E-state index is 10.1. The maximum atomic E-state index is 10.1. The lowest BCUT2D eigenvalue weighted by atomic mass is 10.1. The monoisotopic (exact) mass is 205 g/mol. The summed E-state index contributed by atoms with van der Waals surface area (Å²) >= 11 is 0. The second-order valence-electron chi connectivity index (χ2n) is 4.44. The van der Waals surface area contributed by atoms with Gasteiger partial charge in [0.1, 0.15) is 0 Å². The SMILES string of the molecule is Cc1cccc(C(O)CN2CCCC2)c1. The van der Waals surface area contributed by atoms with E-state index in [0.717, 1.165) is 25.2 Å². The Labute approximate surface area is 91.5 Å². The summed E-state index contributed by atoms with van der Waals surface area (Å²) in [6, 6.07) is 8.15. The molecule has 0 radical (unpaired) electrons. The number of aliphatic hydroxyl groups excluding tert-OH is 1. The van der Waals surface area contributed by atoms with Crippen molar-refractivity contribution in [3.05, 3.63) is 35.4 Å². The summed E-state index contributed by atoms with van der Waals surface area (Å²) < 4.78 is 0. The highest BCUT2D eigenvalue weighted by Gasteiger charge is 2.16. The van der Waals surface area contributed by atoms with Gasteiger partial charge in [0.25, 0.3) is 0 Å². The summed E-state index contributed by atoms with van der Waals surface area (Å²) in [6.07, 6.45) is 2.23. The third-order valence-corrected chi connectivity index (χ3v) is 3.06. The number of hydrogen-bond acceptors (Lipinski definition) is 2. The minimum atomic E-state index is -0.331. The van der Waals surface area contributed by atoms with Crippen LogP contribution in [0.2, 0.25) is 0 Å². The first-order valence-corrected chi connectivity index (χ1v) is 5.73. The van der Waals surface area contributed by atoms with Crippen LogP contribution in [0.25, 0.3) is 0 Å². The molecule has 1 aliphatic rings. The van der Waals surface area contributed by atoms with Gasteiger partial charge in [-0.3, -0.25) is 0 Å². The average Bonchev–Trinajstić information content (AvgIpc) is 2.70. The molecule has 1 aromatic carbocycles. The summed E-state index contributed by atoms with van der Waals surface area (Å²) in [7, 11) is 0. The van der Waals surface area contributed by atoms with Gasteiger partial charge in [0.15, 0.2) is 0 Å². The maximum Gasteiger partial charge on any atom is 0.0917 e.